The van der Waals surface area contributed by atoms with Gasteiger partial charge in [0, 0.05) is 0 Å². The fourth-order valence-corrected chi connectivity index (χ4v) is 4.97. The first kappa shape index (κ1) is 22.3. The summed E-state index contributed by atoms with van der Waals surface area (Å²) in [5.41, 5.74) is 0.658. The lowest BCUT2D eigenvalue weighted by molar-refractivity contribution is 0.256. The molecule has 2 amide bonds. The Morgan fingerprint density at radius 1 is 1.03 bits per heavy atom. The van der Waals surface area contributed by atoms with E-state index in [4.69, 9.17) is 14.6 Å². The summed E-state index contributed by atoms with van der Waals surface area (Å²) in [6, 6.07) is 2.54. The second kappa shape index (κ2) is 8.18. The molecule has 0 radical (unpaired) electrons. The number of hydrogen-bond donors (Lipinski definition) is 3. The van der Waals surface area contributed by atoms with E-state index in [1.165, 1.54) is 33.3 Å². The molecule has 1 aromatic carbocycles. The zero-order valence-corrected chi connectivity index (χ0v) is 17.5. The van der Waals surface area contributed by atoms with Gasteiger partial charge in [-0.1, -0.05) is 6.07 Å². The minimum atomic E-state index is -4.60. The molecular formula is C15H19N5O7S2. The molecule has 0 bridgehead atoms. The predicted molar refractivity (Wildman–Crippen MR) is 102 cm³/mol. The Bertz CT molecular complexity index is 1140. The second-order valence-corrected chi connectivity index (χ2v) is 8.86. The van der Waals surface area contributed by atoms with Crippen molar-refractivity contribution in [3.63, 3.8) is 0 Å². The van der Waals surface area contributed by atoms with Gasteiger partial charge in [0.2, 0.25) is 27.7 Å². The van der Waals surface area contributed by atoms with Crippen LogP contribution >= 0.6 is 0 Å². The molecule has 2 aromatic rings. The molecule has 0 aliphatic carbocycles. The van der Waals surface area contributed by atoms with Gasteiger partial charge in [-0.2, -0.15) is 9.97 Å². The number of nitrogens with zero attached hydrogens (tertiary/aromatic N) is 2. The summed E-state index contributed by atoms with van der Waals surface area (Å²) in [4.78, 5) is 18.6. The average Bonchev–Trinajstić information content (AvgIpc) is 2.61. The highest BCUT2D eigenvalue weighted by Crippen LogP contribution is 2.26. The van der Waals surface area contributed by atoms with Crippen LogP contribution in [-0.4, -0.2) is 47.1 Å². The first-order valence-corrected chi connectivity index (χ1v) is 10.9. The zero-order valence-electron chi connectivity index (χ0n) is 15.9. The van der Waals surface area contributed by atoms with Crippen molar-refractivity contribution in [3.8, 4) is 11.8 Å². The fraction of sp³-hybridized carbons (Fsp3) is 0.267. The number of benzene rings is 1. The summed E-state index contributed by atoms with van der Waals surface area (Å²) >= 11 is 0. The van der Waals surface area contributed by atoms with Crippen molar-refractivity contribution in [2.45, 2.75) is 23.6 Å². The standard InChI is InChI=1S/C15H19N5O7S2/c1-8-5-6-10(13(9(8)2)28(16,22)23)29(24,25)20-15(21)19-14-17-11(26-3)7-12(18-14)27-4/h5-7H,1-4H3,(H2,16,22,23)(H2,17,18,19,20,21). The largest absolute Gasteiger partial charge is 0.481 e. The fourth-order valence-electron chi connectivity index (χ4n) is 2.30. The number of amides is 2. The number of aromatic nitrogens is 2. The van der Waals surface area contributed by atoms with Crippen LogP contribution in [0.1, 0.15) is 11.1 Å². The number of aryl methyl sites for hydroxylation is 1. The van der Waals surface area contributed by atoms with E-state index in [2.05, 4.69) is 15.3 Å². The lowest BCUT2D eigenvalue weighted by Crippen LogP contribution is -2.36. The number of sulfonamides is 2. The summed E-state index contributed by atoms with van der Waals surface area (Å²) in [6.07, 6.45) is 0. The Morgan fingerprint density at radius 2 is 1.59 bits per heavy atom. The van der Waals surface area contributed by atoms with Crippen molar-refractivity contribution in [1.82, 2.24) is 14.7 Å². The van der Waals surface area contributed by atoms with Crippen LogP contribution in [0.2, 0.25) is 0 Å². The van der Waals surface area contributed by atoms with Gasteiger partial charge < -0.3 is 9.47 Å². The molecule has 0 fully saturated rings. The van der Waals surface area contributed by atoms with Crippen molar-refractivity contribution in [2.75, 3.05) is 19.5 Å². The number of hydrogen-bond acceptors (Lipinski definition) is 9. The SMILES string of the molecule is COc1cc(OC)nc(NC(=O)NS(=O)(=O)c2ccc(C)c(C)c2S(N)(=O)=O)n1. The molecule has 0 spiro atoms. The highest BCUT2D eigenvalue weighted by Gasteiger charge is 2.28. The van der Waals surface area contributed by atoms with Crippen molar-refractivity contribution >= 4 is 32.0 Å². The van der Waals surface area contributed by atoms with E-state index in [0.717, 1.165) is 6.07 Å². The first-order chi connectivity index (χ1) is 13.4. The second-order valence-electron chi connectivity index (χ2n) is 5.72. The highest BCUT2D eigenvalue weighted by atomic mass is 32.2. The Hall–Kier alpha value is -2.97. The van der Waals surface area contributed by atoms with Gasteiger partial charge in [0.15, 0.2) is 0 Å². The number of nitrogens with two attached hydrogens (primary N) is 1. The number of carbonyl (C=O) groups excluding carboxylic acids is 1. The molecule has 12 nitrogen and oxygen atoms in total. The molecule has 0 aliphatic rings. The molecule has 0 aliphatic heterocycles. The predicted octanol–water partition coefficient (Wildman–Crippen LogP) is 0.268. The number of ether oxygens (including phenoxy) is 2. The smallest absolute Gasteiger partial charge is 0.335 e. The Kier molecular flexibility index (Phi) is 6.30. The maximum atomic E-state index is 12.6. The molecule has 0 saturated heterocycles. The third kappa shape index (κ3) is 5.10. The number of anilines is 1. The van der Waals surface area contributed by atoms with Gasteiger partial charge in [-0.25, -0.2) is 31.5 Å². The summed E-state index contributed by atoms with van der Waals surface area (Å²) in [7, 11) is -6.35. The number of carbonyl (C=O) groups is 1. The van der Waals surface area contributed by atoms with E-state index in [-0.39, 0.29) is 23.3 Å². The van der Waals surface area contributed by atoms with E-state index in [1.807, 2.05) is 0 Å². The molecule has 1 aromatic heterocycles. The minimum absolute atomic E-state index is 0.0562. The van der Waals surface area contributed by atoms with Crippen LogP contribution in [0.5, 0.6) is 11.8 Å². The quantitative estimate of drug-likeness (QED) is 0.562. The van der Waals surface area contributed by atoms with Gasteiger partial charge >= 0.3 is 6.03 Å². The van der Waals surface area contributed by atoms with E-state index in [0.29, 0.717) is 5.56 Å². The number of rotatable bonds is 6. The number of urea groups is 1. The molecule has 0 atom stereocenters. The normalized spacial score (nSPS) is 11.6. The van der Waals surface area contributed by atoms with E-state index in [1.54, 1.807) is 11.6 Å². The van der Waals surface area contributed by atoms with Gasteiger partial charge in [0.1, 0.15) is 9.79 Å². The summed E-state index contributed by atoms with van der Waals surface area (Å²) < 4.78 is 60.7. The monoisotopic (exact) mass is 445 g/mol. The molecule has 2 rings (SSSR count). The van der Waals surface area contributed by atoms with Crippen LogP contribution < -0.4 is 24.7 Å². The van der Waals surface area contributed by atoms with Gasteiger partial charge in [0.05, 0.1) is 20.3 Å². The Morgan fingerprint density at radius 3 is 2.07 bits per heavy atom. The average molecular weight is 445 g/mol. The van der Waals surface area contributed by atoms with E-state index >= 15 is 0 Å². The van der Waals surface area contributed by atoms with E-state index in [9.17, 15) is 21.6 Å². The lowest BCUT2D eigenvalue weighted by Gasteiger charge is -2.14. The first-order valence-electron chi connectivity index (χ1n) is 7.83. The van der Waals surface area contributed by atoms with Crippen LogP contribution in [0, 0.1) is 13.8 Å². The third-order valence-corrected chi connectivity index (χ3v) is 6.36. The summed E-state index contributed by atoms with van der Waals surface area (Å²) in [5, 5.41) is 7.28. The van der Waals surface area contributed by atoms with Crippen LogP contribution in [0.15, 0.2) is 28.0 Å². The Balaban J connectivity index is 2.38. The lowest BCUT2D eigenvalue weighted by atomic mass is 10.1. The van der Waals surface area contributed by atoms with Gasteiger partial charge in [-0.05, 0) is 31.0 Å². The molecule has 4 N–H and O–H groups in total. The highest BCUT2D eigenvalue weighted by molar-refractivity contribution is 7.92. The van der Waals surface area contributed by atoms with Crippen molar-refractivity contribution in [1.29, 1.82) is 0 Å². The molecule has 0 saturated carbocycles. The Labute approximate surface area is 167 Å². The zero-order chi connectivity index (χ0) is 22.0. The molecule has 1 heterocycles. The van der Waals surface area contributed by atoms with Crippen molar-refractivity contribution in [2.24, 2.45) is 5.14 Å². The number of nitrogens with one attached hydrogen (secondary N) is 2. The third-order valence-electron chi connectivity index (χ3n) is 3.76. The molecular weight excluding hydrogens is 426 g/mol. The number of primary sulfonamides is 1. The van der Waals surface area contributed by atoms with Gasteiger partial charge in [-0.15, -0.1) is 0 Å². The van der Waals surface area contributed by atoms with Crippen molar-refractivity contribution in [3.05, 3.63) is 29.3 Å². The molecule has 158 valence electrons. The maximum absolute atomic E-state index is 12.6. The molecule has 14 heteroatoms. The van der Waals surface area contributed by atoms with Gasteiger partial charge in [-0.3, -0.25) is 5.32 Å². The van der Waals surface area contributed by atoms with Crippen molar-refractivity contribution < 1.29 is 31.1 Å². The molecule has 0 unspecified atom stereocenters. The summed E-state index contributed by atoms with van der Waals surface area (Å²) in [5.74, 6) is -0.193. The maximum Gasteiger partial charge on any atom is 0.335 e. The number of methoxy groups -OCH3 is 2. The van der Waals surface area contributed by atoms with Crippen LogP contribution in [0.25, 0.3) is 0 Å². The summed E-state index contributed by atoms with van der Waals surface area (Å²) in [6.45, 7) is 3.00. The van der Waals surface area contributed by atoms with Crippen LogP contribution in [0.4, 0.5) is 10.7 Å². The minimum Gasteiger partial charge on any atom is -0.481 e. The topological polar surface area (TPSA) is 180 Å². The van der Waals surface area contributed by atoms with Crippen LogP contribution in [-0.2, 0) is 20.0 Å². The van der Waals surface area contributed by atoms with Crippen LogP contribution in [0.3, 0.4) is 0 Å². The van der Waals surface area contributed by atoms with Gasteiger partial charge in [0.25, 0.3) is 10.0 Å². The molecule has 29 heavy (non-hydrogen) atoms. The van der Waals surface area contributed by atoms with E-state index < -0.39 is 35.9 Å².